The first-order chi connectivity index (χ1) is 9.58. The van der Waals surface area contributed by atoms with E-state index in [1.807, 2.05) is 0 Å². The molecule has 1 aliphatic rings. The molecule has 0 radical (unpaired) electrons. The van der Waals surface area contributed by atoms with E-state index in [0.29, 0.717) is 12.6 Å². The summed E-state index contributed by atoms with van der Waals surface area (Å²) in [5.74, 6) is -0.586. The Morgan fingerprint density at radius 2 is 2.05 bits per heavy atom. The molecule has 0 aromatic rings. The van der Waals surface area contributed by atoms with Gasteiger partial charge in [0, 0.05) is 19.5 Å². The summed E-state index contributed by atoms with van der Waals surface area (Å²) in [5.41, 5.74) is 0. The van der Waals surface area contributed by atoms with Gasteiger partial charge >= 0.3 is 5.97 Å². The lowest BCUT2D eigenvalue weighted by Crippen LogP contribution is -2.52. The minimum Gasteiger partial charge on any atom is -0.467 e. The molecule has 1 unspecified atom stereocenters. The predicted molar refractivity (Wildman–Crippen MR) is 77.4 cm³/mol. The zero-order chi connectivity index (χ0) is 15.0. The van der Waals surface area contributed by atoms with Crippen molar-refractivity contribution >= 4 is 11.9 Å². The highest BCUT2D eigenvalue weighted by Gasteiger charge is 2.27. The third-order valence-corrected chi connectivity index (χ3v) is 3.62. The molecule has 6 heteroatoms. The van der Waals surface area contributed by atoms with Crippen LogP contribution in [0.5, 0.6) is 0 Å². The maximum absolute atomic E-state index is 11.8. The molecule has 1 aliphatic heterocycles. The number of esters is 1. The highest BCUT2D eigenvalue weighted by Crippen LogP contribution is 2.13. The van der Waals surface area contributed by atoms with Crippen LogP contribution >= 0.6 is 0 Å². The SMILES string of the molecule is CCCN(CC(NC(C)=O)C(=O)OC)C1CCNCC1. The van der Waals surface area contributed by atoms with Gasteiger partial charge in [0.1, 0.15) is 6.04 Å². The number of methoxy groups -OCH3 is 1. The monoisotopic (exact) mass is 285 g/mol. The molecule has 1 heterocycles. The van der Waals surface area contributed by atoms with Gasteiger partial charge in [-0.15, -0.1) is 0 Å². The summed E-state index contributed by atoms with van der Waals surface area (Å²) in [7, 11) is 1.35. The van der Waals surface area contributed by atoms with Crippen LogP contribution in [0.3, 0.4) is 0 Å². The first-order valence-electron chi connectivity index (χ1n) is 7.38. The van der Waals surface area contributed by atoms with E-state index in [2.05, 4.69) is 22.5 Å². The third-order valence-electron chi connectivity index (χ3n) is 3.62. The van der Waals surface area contributed by atoms with Crippen LogP contribution in [0.1, 0.15) is 33.1 Å². The third kappa shape index (κ3) is 5.46. The Kier molecular flexibility index (Phi) is 7.54. The second-order valence-corrected chi connectivity index (χ2v) is 5.25. The number of carbonyl (C=O) groups excluding carboxylic acids is 2. The number of carbonyl (C=O) groups is 2. The van der Waals surface area contributed by atoms with Gasteiger partial charge in [-0.3, -0.25) is 9.69 Å². The minimum absolute atomic E-state index is 0.206. The van der Waals surface area contributed by atoms with Crippen molar-refractivity contribution < 1.29 is 14.3 Å². The van der Waals surface area contributed by atoms with Crippen molar-refractivity contribution in [1.82, 2.24) is 15.5 Å². The molecular formula is C14H27N3O3. The van der Waals surface area contributed by atoms with E-state index in [9.17, 15) is 9.59 Å². The smallest absolute Gasteiger partial charge is 0.329 e. The number of nitrogens with zero attached hydrogens (tertiary/aromatic N) is 1. The van der Waals surface area contributed by atoms with Crippen molar-refractivity contribution in [1.29, 1.82) is 0 Å². The fourth-order valence-electron chi connectivity index (χ4n) is 2.68. The molecule has 0 bridgehead atoms. The maximum Gasteiger partial charge on any atom is 0.329 e. The summed E-state index contributed by atoms with van der Waals surface area (Å²) < 4.78 is 4.79. The Balaban J connectivity index is 2.67. The lowest BCUT2D eigenvalue weighted by molar-refractivity contribution is -0.145. The van der Waals surface area contributed by atoms with Crippen molar-refractivity contribution in [2.45, 2.75) is 45.2 Å². The molecule has 6 nitrogen and oxygen atoms in total. The second-order valence-electron chi connectivity index (χ2n) is 5.25. The maximum atomic E-state index is 11.8. The topological polar surface area (TPSA) is 70.7 Å². The number of hydrogen-bond acceptors (Lipinski definition) is 5. The van der Waals surface area contributed by atoms with Gasteiger partial charge in [0.05, 0.1) is 7.11 Å². The summed E-state index contributed by atoms with van der Waals surface area (Å²) >= 11 is 0. The van der Waals surface area contributed by atoms with Gasteiger partial charge < -0.3 is 15.4 Å². The van der Waals surface area contributed by atoms with Crippen molar-refractivity contribution in [3.05, 3.63) is 0 Å². The van der Waals surface area contributed by atoms with Gasteiger partial charge in [0.2, 0.25) is 5.91 Å². The molecule has 2 N–H and O–H groups in total. The predicted octanol–water partition coefficient (Wildman–Crippen LogP) is 0.128. The average Bonchev–Trinajstić information content (AvgIpc) is 2.45. The lowest BCUT2D eigenvalue weighted by atomic mass is 10.0. The molecule has 1 fully saturated rings. The number of piperidine rings is 1. The number of amides is 1. The molecular weight excluding hydrogens is 258 g/mol. The molecule has 0 aromatic heterocycles. The summed E-state index contributed by atoms with van der Waals surface area (Å²) in [6.07, 6.45) is 3.18. The van der Waals surface area contributed by atoms with Crippen LogP contribution in [-0.2, 0) is 14.3 Å². The van der Waals surface area contributed by atoms with Crippen molar-refractivity contribution in [2.24, 2.45) is 0 Å². The fourth-order valence-corrected chi connectivity index (χ4v) is 2.68. The molecule has 20 heavy (non-hydrogen) atoms. The molecule has 0 saturated carbocycles. The number of hydrogen-bond donors (Lipinski definition) is 2. The minimum atomic E-state index is -0.584. The fraction of sp³-hybridized carbons (Fsp3) is 0.857. The van der Waals surface area contributed by atoms with Gasteiger partial charge in [0.25, 0.3) is 0 Å². The van der Waals surface area contributed by atoms with E-state index in [1.165, 1.54) is 14.0 Å². The Morgan fingerprint density at radius 1 is 1.40 bits per heavy atom. The molecule has 116 valence electrons. The van der Waals surface area contributed by atoms with Crippen LogP contribution in [0.15, 0.2) is 0 Å². The Bertz CT molecular complexity index is 317. The normalized spacial score (nSPS) is 17.8. The highest BCUT2D eigenvalue weighted by molar-refractivity contribution is 5.83. The van der Waals surface area contributed by atoms with Crippen molar-refractivity contribution in [3.63, 3.8) is 0 Å². The standard InChI is InChI=1S/C14H27N3O3/c1-4-9-17(12-5-7-15-8-6-12)10-13(14(19)20-3)16-11(2)18/h12-13,15H,4-10H2,1-3H3,(H,16,18). The zero-order valence-electron chi connectivity index (χ0n) is 12.8. The van der Waals surface area contributed by atoms with E-state index in [0.717, 1.165) is 38.9 Å². The van der Waals surface area contributed by atoms with Gasteiger partial charge in [0.15, 0.2) is 0 Å². The van der Waals surface area contributed by atoms with Crippen LogP contribution in [0, 0.1) is 0 Å². The number of ether oxygens (including phenoxy) is 1. The summed E-state index contributed by atoms with van der Waals surface area (Å²) in [6.45, 7) is 7.01. The molecule has 0 spiro atoms. The van der Waals surface area contributed by atoms with Crippen LogP contribution in [-0.4, -0.2) is 62.1 Å². The van der Waals surface area contributed by atoms with E-state index in [-0.39, 0.29) is 11.9 Å². The molecule has 0 aromatic carbocycles. The van der Waals surface area contributed by atoms with Crippen LogP contribution in [0.25, 0.3) is 0 Å². The first-order valence-corrected chi connectivity index (χ1v) is 7.38. The van der Waals surface area contributed by atoms with Crippen LogP contribution in [0.2, 0.25) is 0 Å². The van der Waals surface area contributed by atoms with Crippen molar-refractivity contribution in [2.75, 3.05) is 33.3 Å². The van der Waals surface area contributed by atoms with E-state index < -0.39 is 6.04 Å². The first kappa shape index (κ1) is 16.9. The quantitative estimate of drug-likeness (QED) is 0.651. The van der Waals surface area contributed by atoms with Crippen molar-refractivity contribution in [3.8, 4) is 0 Å². The van der Waals surface area contributed by atoms with Crippen LogP contribution in [0.4, 0.5) is 0 Å². The molecule has 0 aliphatic carbocycles. The highest BCUT2D eigenvalue weighted by atomic mass is 16.5. The van der Waals surface area contributed by atoms with Gasteiger partial charge in [-0.1, -0.05) is 6.92 Å². The summed E-state index contributed by atoms with van der Waals surface area (Å²) in [5, 5.41) is 6.03. The largest absolute Gasteiger partial charge is 0.467 e. The molecule has 1 atom stereocenters. The van der Waals surface area contributed by atoms with Gasteiger partial charge in [-0.05, 0) is 38.9 Å². The van der Waals surface area contributed by atoms with E-state index in [4.69, 9.17) is 4.74 Å². The van der Waals surface area contributed by atoms with E-state index >= 15 is 0 Å². The van der Waals surface area contributed by atoms with E-state index in [1.54, 1.807) is 0 Å². The molecule has 1 amide bonds. The number of rotatable bonds is 7. The van der Waals surface area contributed by atoms with Gasteiger partial charge in [-0.25, -0.2) is 4.79 Å². The molecule has 1 rings (SSSR count). The lowest BCUT2D eigenvalue weighted by Gasteiger charge is -2.36. The zero-order valence-corrected chi connectivity index (χ0v) is 12.8. The average molecular weight is 285 g/mol. The van der Waals surface area contributed by atoms with Gasteiger partial charge in [-0.2, -0.15) is 0 Å². The van der Waals surface area contributed by atoms with Crippen LogP contribution < -0.4 is 10.6 Å². The molecule has 1 saturated heterocycles. The Morgan fingerprint density at radius 3 is 2.55 bits per heavy atom. The summed E-state index contributed by atoms with van der Waals surface area (Å²) in [6, 6.07) is -0.115. The second kappa shape index (κ2) is 8.92. The Hall–Kier alpha value is -1.14. The number of nitrogens with one attached hydrogen (secondary N) is 2. The Labute approximate surface area is 121 Å². The summed E-state index contributed by atoms with van der Waals surface area (Å²) in [4.78, 5) is 25.3.